The van der Waals surface area contributed by atoms with Gasteiger partial charge in [-0.15, -0.1) is 0 Å². The summed E-state index contributed by atoms with van der Waals surface area (Å²) < 4.78 is 30.5. The summed E-state index contributed by atoms with van der Waals surface area (Å²) in [5, 5.41) is 8.39. The minimum absolute atomic E-state index is 0.111. The summed E-state index contributed by atoms with van der Waals surface area (Å²) in [6.07, 6.45) is 2.16. The highest BCUT2D eigenvalue weighted by Gasteiger charge is 1.99. The van der Waals surface area contributed by atoms with E-state index in [0.717, 1.165) is 6.26 Å². The van der Waals surface area contributed by atoms with Crippen LogP contribution in [-0.2, 0) is 19.0 Å². The number of aliphatic hydroxyl groups is 1. The van der Waals surface area contributed by atoms with Gasteiger partial charge in [0.05, 0.1) is 12.9 Å². The second-order valence-corrected chi connectivity index (χ2v) is 4.21. The third-order valence-corrected chi connectivity index (χ3v) is 1.77. The molecule has 80 valence electrons. The van der Waals surface area contributed by atoms with E-state index in [9.17, 15) is 8.42 Å². The van der Waals surface area contributed by atoms with Crippen LogP contribution in [0.1, 0.15) is 12.8 Å². The minimum Gasteiger partial charge on any atom is -0.396 e. The highest BCUT2D eigenvalue weighted by molar-refractivity contribution is 7.85. The largest absolute Gasteiger partial charge is 0.396 e. The van der Waals surface area contributed by atoms with Crippen LogP contribution in [0.2, 0.25) is 0 Å². The zero-order valence-electron chi connectivity index (χ0n) is 7.73. The summed E-state index contributed by atoms with van der Waals surface area (Å²) in [6, 6.07) is 0. The molecule has 0 aromatic rings. The van der Waals surface area contributed by atoms with Crippen molar-refractivity contribution in [3.8, 4) is 0 Å². The minimum atomic E-state index is -3.32. The average molecular weight is 212 g/mol. The van der Waals surface area contributed by atoms with Crippen molar-refractivity contribution in [1.29, 1.82) is 0 Å². The lowest BCUT2D eigenvalue weighted by Crippen LogP contribution is -2.07. The summed E-state index contributed by atoms with van der Waals surface area (Å²) >= 11 is 0. The van der Waals surface area contributed by atoms with E-state index in [1.54, 1.807) is 0 Å². The smallest absolute Gasteiger partial charge is 0.264 e. The highest BCUT2D eigenvalue weighted by atomic mass is 32.2. The maximum Gasteiger partial charge on any atom is 0.264 e. The summed E-state index contributed by atoms with van der Waals surface area (Å²) in [5.74, 6) is 0. The Labute approximate surface area is 78.8 Å². The van der Waals surface area contributed by atoms with Gasteiger partial charge in [0.15, 0.2) is 0 Å². The molecule has 0 aromatic carbocycles. The molecule has 0 radical (unpaired) electrons. The Bertz CT molecular complexity index is 199. The van der Waals surface area contributed by atoms with Crippen molar-refractivity contribution >= 4 is 10.1 Å². The fraction of sp³-hybridized carbons (Fsp3) is 1.00. The molecule has 0 fully saturated rings. The first-order chi connectivity index (χ1) is 6.06. The molecule has 6 heteroatoms. The van der Waals surface area contributed by atoms with E-state index in [1.807, 2.05) is 0 Å². The van der Waals surface area contributed by atoms with E-state index in [0.29, 0.717) is 26.1 Å². The van der Waals surface area contributed by atoms with Gasteiger partial charge in [-0.3, -0.25) is 4.18 Å². The maximum absolute atomic E-state index is 10.5. The van der Waals surface area contributed by atoms with Gasteiger partial charge in [-0.1, -0.05) is 0 Å². The van der Waals surface area contributed by atoms with Gasteiger partial charge in [0, 0.05) is 19.8 Å². The molecule has 0 heterocycles. The van der Waals surface area contributed by atoms with Crippen molar-refractivity contribution in [1.82, 2.24) is 0 Å². The lowest BCUT2D eigenvalue weighted by Gasteiger charge is -2.02. The zero-order valence-corrected chi connectivity index (χ0v) is 8.55. The van der Waals surface area contributed by atoms with E-state index in [1.165, 1.54) is 0 Å². The van der Waals surface area contributed by atoms with Gasteiger partial charge in [-0.2, -0.15) is 8.42 Å². The van der Waals surface area contributed by atoms with Crippen LogP contribution in [-0.4, -0.2) is 46.2 Å². The predicted molar refractivity (Wildman–Crippen MR) is 47.9 cm³/mol. The zero-order chi connectivity index (χ0) is 10.2. The van der Waals surface area contributed by atoms with E-state index in [-0.39, 0.29) is 13.2 Å². The van der Waals surface area contributed by atoms with E-state index < -0.39 is 10.1 Å². The molecule has 0 aliphatic rings. The Morgan fingerprint density at radius 3 is 2.31 bits per heavy atom. The Kier molecular flexibility index (Phi) is 7.16. The molecule has 0 aliphatic carbocycles. The molecule has 0 bridgehead atoms. The second-order valence-electron chi connectivity index (χ2n) is 2.57. The maximum atomic E-state index is 10.5. The number of rotatable bonds is 8. The third-order valence-electron chi connectivity index (χ3n) is 1.18. The Hall–Kier alpha value is -0.170. The lowest BCUT2D eigenvalue weighted by atomic mass is 10.5. The van der Waals surface area contributed by atoms with Crippen LogP contribution in [0.5, 0.6) is 0 Å². The lowest BCUT2D eigenvalue weighted by molar-refractivity contribution is 0.105. The van der Waals surface area contributed by atoms with Crippen LogP contribution in [0.15, 0.2) is 0 Å². The molecule has 0 spiro atoms. The number of aliphatic hydroxyl groups excluding tert-OH is 1. The van der Waals surface area contributed by atoms with Gasteiger partial charge < -0.3 is 9.84 Å². The molecule has 5 nitrogen and oxygen atoms in total. The normalized spacial score (nSPS) is 11.8. The molecule has 0 aromatic heterocycles. The molecule has 1 N–H and O–H groups in total. The van der Waals surface area contributed by atoms with Crippen molar-refractivity contribution in [3.05, 3.63) is 0 Å². The van der Waals surface area contributed by atoms with Crippen molar-refractivity contribution in [3.63, 3.8) is 0 Å². The van der Waals surface area contributed by atoms with Crippen LogP contribution in [0.25, 0.3) is 0 Å². The van der Waals surface area contributed by atoms with Gasteiger partial charge >= 0.3 is 0 Å². The third kappa shape index (κ3) is 11.8. The van der Waals surface area contributed by atoms with Gasteiger partial charge in [-0.05, 0) is 12.8 Å². The van der Waals surface area contributed by atoms with Gasteiger partial charge in [0.1, 0.15) is 0 Å². The van der Waals surface area contributed by atoms with Crippen LogP contribution in [0.4, 0.5) is 0 Å². The summed E-state index contributed by atoms with van der Waals surface area (Å²) in [4.78, 5) is 0. The van der Waals surface area contributed by atoms with E-state index in [4.69, 9.17) is 9.84 Å². The van der Waals surface area contributed by atoms with Gasteiger partial charge in [0.25, 0.3) is 10.1 Å². The van der Waals surface area contributed by atoms with Crippen molar-refractivity contribution < 1.29 is 22.4 Å². The van der Waals surface area contributed by atoms with E-state index >= 15 is 0 Å². The first-order valence-electron chi connectivity index (χ1n) is 4.09. The van der Waals surface area contributed by atoms with Crippen molar-refractivity contribution in [2.75, 3.05) is 32.7 Å². The van der Waals surface area contributed by atoms with Crippen LogP contribution >= 0.6 is 0 Å². The molecular weight excluding hydrogens is 196 g/mol. The van der Waals surface area contributed by atoms with Crippen LogP contribution < -0.4 is 0 Å². The van der Waals surface area contributed by atoms with E-state index in [2.05, 4.69) is 4.18 Å². The number of hydrogen-bond acceptors (Lipinski definition) is 5. The SMILES string of the molecule is CS(=O)(=O)OCCCOCCCO. The predicted octanol–water partition coefficient (Wildman–Crippen LogP) is -0.248. The summed E-state index contributed by atoms with van der Waals surface area (Å²) in [6.45, 7) is 1.21. The Morgan fingerprint density at radius 1 is 1.15 bits per heavy atom. The first kappa shape index (κ1) is 12.8. The summed E-state index contributed by atoms with van der Waals surface area (Å²) in [7, 11) is -3.32. The molecule has 0 rings (SSSR count). The van der Waals surface area contributed by atoms with Crippen molar-refractivity contribution in [2.45, 2.75) is 12.8 Å². The fourth-order valence-corrected chi connectivity index (χ4v) is 1.06. The first-order valence-corrected chi connectivity index (χ1v) is 5.91. The monoisotopic (exact) mass is 212 g/mol. The second kappa shape index (κ2) is 7.25. The molecule has 0 unspecified atom stereocenters. The molecule has 0 aliphatic heterocycles. The Balaban J connectivity index is 3.09. The van der Waals surface area contributed by atoms with Crippen molar-refractivity contribution in [2.24, 2.45) is 0 Å². The quantitative estimate of drug-likeness (QED) is 0.444. The molecule has 0 atom stereocenters. The number of hydrogen-bond donors (Lipinski definition) is 1. The molecule has 13 heavy (non-hydrogen) atoms. The summed E-state index contributed by atoms with van der Waals surface area (Å²) in [5.41, 5.74) is 0. The average Bonchev–Trinajstić information content (AvgIpc) is 2.01. The standard InChI is InChI=1S/C7H16O5S/c1-13(9,10)12-7-3-6-11-5-2-4-8/h8H,2-7H2,1H3. The molecule has 0 amide bonds. The van der Waals surface area contributed by atoms with Gasteiger partial charge in [-0.25, -0.2) is 0 Å². The molecule has 0 saturated carbocycles. The highest BCUT2D eigenvalue weighted by Crippen LogP contribution is 1.91. The topological polar surface area (TPSA) is 72.8 Å². The van der Waals surface area contributed by atoms with Crippen LogP contribution in [0, 0.1) is 0 Å². The Morgan fingerprint density at radius 2 is 1.77 bits per heavy atom. The molecular formula is C7H16O5S. The number of ether oxygens (including phenoxy) is 1. The molecule has 0 saturated heterocycles. The van der Waals surface area contributed by atoms with Crippen LogP contribution in [0.3, 0.4) is 0 Å². The fourth-order valence-electron chi connectivity index (χ4n) is 0.640. The van der Waals surface area contributed by atoms with Gasteiger partial charge in [0.2, 0.25) is 0 Å².